The number of aryl methyl sites for hydroxylation is 1. The summed E-state index contributed by atoms with van der Waals surface area (Å²) in [6.45, 7) is 1.98. The summed E-state index contributed by atoms with van der Waals surface area (Å²) in [4.78, 5) is 4.94. The molecule has 0 atom stereocenters. The first-order chi connectivity index (χ1) is 15.1. The lowest BCUT2D eigenvalue weighted by molar-refractivity contribution is 0.949. The van der Waals surface area contributed by atoms with Crippen LogP contribution in [0, 0.1) is 6.92 Å². The van der Waals surface area contributed by atoms with E-state index in [1.54, 1.807) is 0 Å². The van der Waals surface area contributed by atoms with Crippen LogP contribution < -0.4 is 5.32 Å². The molecule has 2 heterocycles. The van der Waals surface area contributed by atoms with Gasteiger partial charge in [0.2, 0.25) is 0 Å². The second kappa shape index (κ2) is 8.06. The van der Waals surface area contributed by atoms with Gasteiger partial charge in [0, 0.05) is 32.9 Å². The van der Waals surface area contributed by atoms with Gasteiger partial charge in [0.25, 0.3) is 0 Å². The lowest BCUT2D eigenvalue weighted by Gasteiger charge is -2.12. The average Bonchev–Trinajstić information content (AvgIpc) is 3.22. The van der Waals surface area contributed by atoms with E-state index >= 15 is 0 Å². The molecule has 4 nitrogen and oxygen atoms in total. The second-order valence-electron chi connectivity index (χ2n) is 7.28. The Balaban J connectivity index is 1.69. The van der Waals surface area contributed by atoms with Crippen molar-refractivity contribution in [2.24, 2.45) is 0 Å². The average molecular weight is 445 g/mol. The molecule has 0 aliphatic rings. The number of benzene rings is 3. The van der Waals surface area contributed by atoms with E-state index in [1.807, 2.05) is 96.5 Å². The third kappa shape index (κ3) is 3.88. The quantitative estimate of drug-likeness (QED) is 0.313. The van der Waals surface area contributed by atoms with Crippen molar-refractivity contribution in [3.63, 3.8) is 0 Å². The number of anilines is 2. The van der Waals surface area contributed by atoms with Gasteiger partial charge in [-0.1, -0.05) is 71.7 Å². The highest BCUT2D eigenvalue weighted by Crippen LogP contribution is 2.31. The van der Waals surface area contributed by atoms with E-state index in [1.165, 1.54) is 0 Å². The highest BCUT2D eigenvalue weighted by Gasteiger charge is 2.14. The van der Waals surface area contributed by atoms with Crippen LogP contribution >= 0.6 is 23.2 Å². The molecule has 2 aromatic heterocycles. The van der Waals surface area contributed by atoms with Crippen LogP contribution in [-0.4, -0.2) is 14.6 Å². The van der Waals surface area contributed by atoms with Crippen molar-refractivity contribution >= 4 is 40.4 Å². The molecule has 5 rings (SSSR count). The van der Waals surface area contributed by atoms with Crippen molar-refractivity contribution in [1.29, 1.82) is 0 Å². The molecule has 0 fully saturated rings. The first kappa shape index (κ1) is 19.6. The van der Waals surface area contributed by atoms with Crippen molar-refractivity contribution in [3.05, 3.63) is 101 Å². The molecular weight excluding hydrogens is 427 g/mol. The summed E-state index contributed by atoms with van der Waals surface area (Å²) in [6, 6.07) is 25.7. The van der Waals surface area contributed by atoms with Crippen LogP contribution in [-0.2, 0) is 0 Å². The van der Waals surface area contributed by atoms with Crippen LogP contribution in [0.2, 0.25) is 10.0 Å². The molecule has 0 saturated carbocycles. The van der Waals surface area contributed by atoms with Crippen molar-refractivity contribution < 1.29 is 0 Å². The summed E-state index contributed by atoms with van der Waals surface area (Å²) in [5.41, 5.74) is 6.47. The van der Waals surface area contributed by atoms with Gasteiger partial charge < -0.3 is 5.32 Å². The maximum Gasteiger partial charge on any atom is 0.165 e. The predicted octanol–water partition coefficient (Wildman–Crippen LogP) is 7.42. The molecule has 0 aliphatic heterocycles. The minimum atomic E-state index is 0.691. The largest absolute Gasteiger partial charge is 0.340 e. The van der Waals surface area contributed by atoms with Gasteiger partial charge in [0.15, 0.2) is 5.65 Å². The molecule has 6 heteroatoms. The van der Waals surface area contributed by atoms with Gasteiger partial charge >= 0.3 is 0 Å². The molecule has 0 saturated heterocycles. The topological polar surface area (TPSA) is 42.2 Å². The SMILES string of the molecule is Cc1ccc(Nc2cc(-c3ccccc3)nc3c(-c4ccc(Cl)cc4)cnn23)cc1Cl. The van der Waals surface area contributed by atoms with E-state index < -0.39 is 0 Å². The van der Waals surface area contributed by atoms with Crippen LogP contribution in [0.4, 0.5) is 11.5 Å². The van der Waals surface area contributed by atoms with E-state index in [0.717, 1.165) is 45.1 Å². The number of aromatic nitrogens is 3. The van der Waals surface area contributed by atoms with Crippen molar-refractivity contribution in [2.75, 3.05) is 5.32 Å². The monoisotopic (exact) mass is 444 g/mol. The maximum atomic E-state index is 6.34. The number of nitrogens with zero attached hydrogens (tertiary/aromatic N) is 3. The number of hydrogen-bond donors (Lipinski definition) is 1. The number of rotatable bonds is 4. The molecule has 0 amide bonds. The molecule has 0 spiro atoms. The van der Waals surface area contributed by atoms with Crippen molar-refractivity contribution in [1.82, 2.24) is 14.6 Å². The Morgan fingerprint density at radius 1 is 0.839 bits per heavy atom. The number of nitrogens with one attached hydrogen (secondary N) is 1. The first-order valence-electron chi connectivity index (χ1n) is 9.82. The molecule has 5 aromatic rings. The molecule has 0 unspecified atom stereocenters. The van der Waals surface area contributed by atoms with E-state index in [0.29, 0.717) is 10.0 Å². The molecule has 1 N–H and O–H groups in total. The Hall–Kier alpha value is -3.34. The number of hydrogen-bond acceptors (Lipinski definition) is 3. The van der Waals surface area contributed by atoms with Gasteiger partial charge in [-0.2, -0.15) is 9.61 Å². The molecule has 0 aliphatic carbocycles. The fourth-order valence-electron chi connectivity index (χ4n) is 3.46. The van der Waals surface area contributed by atoms with Gasteiger partial charge in [-0.25, -0.2) is 4.98 Å². The molecule has 3 aromatic carbocycles. The van der Waals surface area contributed by atoms with Gasteiger partial charge in [-0.05, 0) is 42.3 Å². The zero-order valence-electron chi connectivity index (χ0n) is 16.7. The zero-order valence-corrected chi connectivity index (χ0v) is 18.2. The fourth-order valence-corrected chi connectivity index (χ4v) is 3.77. The first-order valence-corrected chi connectivity index (χ1v) is 10.6. The van der Waals surface area contributed by atoms with Crippen molar-refractivity contribution in [2.45, 2.75) is 6.92 Å². The molecule has 152 valence electrons. The summed E-state index contributed by atoms with van der Waals surface area (Å²) in [6.07, 6.45) is 1.83. The third-order valence-electron chi connectivity index (χ3n) is 5.14. The smallest absolute Gasteiger partial charge is 0.165 e. The molecule has 0 radical (unpaired) electrons. The fraction of sp³-hybridized carbons (Fsp3) is 0.0400. The molecule has 31 heavy (non-hydrogen) atoms. The predicted molar refractivity (Wildman–Crippen MR) is 128 cm³/mol. The van der Waals surface area contributed by atoms with E-state index in [2.05, 4.69) is 10.4 Å². The summed E-state index contributed by atoms with van der Waals surface area (Å²) in [5.74, 6) is 0.795. The summed E-state index contributed by atoms with van der Waals surface area (Å²) >= 11 is 12.4. The van der Waals surface area contributed by atoms with Crippen LogP contribution in [0.5, 0.6) is 0 Å². The van der Waals surface area contributed by atoms with Gasteiger partial charge in [-0.3, -0.25) is 0 Å². The van der Waals surface area contributed by atoms with Crippen LogP contribution in [0.15, 0.2) is 85.1 Å². The normalized spacial score (nSPS) is 11.1. The van der Waals surface area contributed by atoms with Gasteiger partial charge in [0.1, 0.15) is 5.82 Å². The Bertz CT molecular complexity index is 1380. The summed E-state index contributed by atoms with van der Waals surface area (Å²) in [7, 11) is 0. The second-order valence-corrected chi connectivity index (χ2v) is 8.13. The van der Waals surface area contributed by atoms with Crippen molar-refractivity contribution in [3.8, 4) is 22.4 Å². The van der Waals surface area contributed by atoms with Gasteiger partial charge in [0.05, 0.1) is 11.9 Å². The Labute approximate surface area is 190 Å². The Morgan fingerprint density at radius 3 is 2.35 bits per heavy atom. The minimum Gasteiger partial charge on any atom is -0.340 e. The van der Waals surface area contributed by atoms with E-state index in [9.17, 15) is 0 Å². The highest BCUT2D eigenvalue weighted by atomic mass is 35.5. The standard InChI is InChI=1S/C25H18Cl2N4/c1-16-7-12-20(13-22(16)27)29-24-14-23(18-5-3-2-4-6-18)30-25-21(15-28-31(24)25)17-8-10-19(26)11-9-17/h2-15,29H,1H3. The minimum absolute atomic E-state index is 0.691. The highest BCUT2D eigenvalue weighted by molar-refractivity contribution is 6.31. The molecular formula is C25H18Cl2N4. The maximum absolute atomic E-state index is 6.34. The van der Waals surface area contributed by atoms with E-state index in [4.69, 9.17) is 28.2 Å². The zero-order chi connectivity index (χ0) is 21.4. The Kier molecular flexibility index (Phi) is 5.10. The molecule has 0 bridgehead atoms. The number of halogens is 2. The van der Waals surface area contributed by atoms with Gasteiger partial charge in [-0.15, -0.1) is 0 Å². The van der Waals surface area contributed by atoms with Crippen LogP contribution in [0.25, 0.3) is 28.0 Å². The van der Waals surface area contributed by atoms with E-state index in [-0.39, 0.29) is 0 Å². The summed E-state index contributed by atoms with van der Waals surface area (Å²) in [5, 5.41) is 9.47. The third-order valence-corrected chi connectivity index (χ3v) is 5.80. The van der Waals surface area contributed by atoms with Crippen LogP contribution in [0.1, 0.15) is 5.56 Å². The summed E-state index contributed by atoms with van der Waals surface area (Å²) < 4.78 is 1.81. The Morgan fingerprint density at radius 2 is 1.61 bits per heavy atom. The lowest BCUT2D eigenvalue weighted by Crippen LogP contribution is -2.03. The number of fused-ring (bicyclic) bond motifs is 1. The lowest BCUT2D eigenvalue weighted by atomic mass is 10.1. The van der Waals surface area contributed by atoms with Crippen LogP contribution in [0.3, 0.4) is 0 Å².